The van der Waals surface area contributed by atoms with Crippen molar-refractivity contribution in [3.05, 3.63) is 29.6 Å². The van der Waals surface area contributed by atoms with Crippen LogP contribution in [0.15, 0.2) is 29.6 Å². The zero-order valence-electron chi connectivity index (χ0n) is 13.9. The first-order valence-corrected chi connectivity index (χ1v) is 9.23. The van der Waals surface area contributed by atoms with Crippen molar-refractivity contribution in [3.8, 4) is 17.0 Å². The first kappa shape index (κ1) is 16.9. The molecular weight excluding hydrogens is 322 g/mol. The summed E-state index contributed by atoms with van der Waals surface area (Å²) in [5, 5.41) is 8.86. The van der Waals surface area contributed by atoms with Crippen LogP contribution < -0.4 is 15.4 Å². The molecule has 1 aromatic carbocycles. The summed E-state index contributed by atoms with van der Waals surface area (Å²) in [6, 6.07) is 7.76. The van der Waals surface area contributed by atoms with Gasteiger partial charge in [0.15, 0.2) is 5.13 Å². The highest BCUT2D eigenvalue weighted by atomic mass is 32.1. The second kappa shape index (κ2) is 8.26. The van der Waals surface area contributed by atoms with Crippen LogP contribution in [0.25, 0.3) is 11.3 Å². The summed E-state index contributed by atoms with van der Waals surface area (Å²) >= 11 is 1.44. The average molecular weight is 345 g/mol. The molecule has 2 N–H and O–H groups in total. The molecule has 128 valence electrons. The maximum absolute atomic E-state index is 12.1. The zero-order valence-corrected chi connectivity index (χ0v) is 14.7. The highest BCUT2D eigenvalue weighted by Gasteiger charge is 2.15. The lowest BCUT2D eigenvalue weighted by Gasteiger charge is -2.21. The number of methoxy groups -OCH3 is 1. The largest absolute Gasteiger partial charge is 0.496 e. The Balaban J connectivity index is 1.56. The van der Waals surface area contributed by atoms with Crippen molar-refractivity contribution in [2.24, 2.45) is 5.92 Å². The monoisotopic (exact) mass is 345 g/mol. The summed E-state index contributed by atoms with van der Waals surface area (Å²) in [5.41, 5.74) is 1.76. The van der Waals surface area contributed by atoms with E-state index in [4.69, 9.17) is 4.74 Å². The van der Waals surface area contributed by atoms with E-state index in [0.29, 0.717) is 17.5 Å². The van der Waals surface area contributed by atoms with E-state index in [1.807, 2.05) is 29.6 Å². The van der Waals surface area contributed by atoms with Gasteiger partial charge < -0.3 is 15.4 Å². The fraction of sp³-hybridized carbons (Fsp3) is 0.444. The minimum absolute atomic E-state index is 0.0504. The van der Waals surface area contributed by atoms with Gasteiger partial charge in [-0.1, -0.05) is 12.1 Å². The molecule has 0 bridgehead atoms. The number of nitrogens with zero attached hydrogens (tertiary/aromatic N) is 1. The van der Waals surface area contributed by atoms with Gasteiger partial charge in [-0.3, -0.25) is 4.79 Å². The van der Waals surface area contributed by atoms with Crippen LogP contribution in [-0.2, 0) is 4.79 Å². The normalized spacial score (nSPS) is 15.2. The smallest absolute Gasteiger partial charge is 0.226 e. The van der Waals surface area contributed by atoms with E-state index < -0.39 is 0 Å². The summed E-state index contributed by atoms with van der Waals surface area (Å²) in [4.78, 5) is 16.7. The van der Waals surface area contributed by atoms with E-state index in [9.17, 15) is 4.79 Å². The van der Waals surface area contributed by atoms with Gasteiger partial charge in [0.25, 0.3) is 0 Å². The molecule has 5 nitrogen and oxygen atoms in total. The number of nitrogens with one attached hydrogen (secondary N) is 2. The fourth-order valence-electron chi connectivity index (χ4n) is 3.00. The Morgan fingerprint density at radius 2 is 2.17 bits per heavy atom. The number of amides is 1. The van der Waals surface area contributed by atoms with Crippen molar-refractivity contribution < 1.29 is 9.53 Å². The predicted octanol–water partition coefficient (Wildman–Crippen LogP) is 3.54. The summed E-state index contributed by atoms with van der Waals surface area (Å²) in [6.07, 6.45) is 3.86. The Kier molecular flexibility index (Phi) is 5.82. The number of anilines is 1. The van der Waals surface area contributed by atoms with Gasteiger partial charge in [-0.2, -0.15) is 0 Å². The molecule has 0 radical (unpaired) electrons. The van der Waals surface area contributed by atoms with Crippen LogP contribution in [0, 0.1) is 5.92 Å². The summed E-state index contributed by atoms with van der Waals surface area (Å²) in [5.74, 6) is 1.50. The standard InChI is InChI=1S/C18H23N3O2S/c1-23-16-5-3-2-4-14(16)15-12-24-18(20-15)21-17(22)7-6-13-8-10-19-11-9-13/h2-5,12-13,19H,6-11H2,1H3,(H,20,21,22). The Hall–Kier alpha value is -1.92. The molecule has 24 heavy (non-hydrogen) atoms. The van der Waals surface area contributed by atoms with E-state index in [1.165, 1.54) is 24.2 Å². The highest BCUT2D eigenvalue weighted by molar-refractivity contribution is 7.14. The Morgan fingerprint density at radius 1 is 1.38 bits per heavy atom. The summed E-state index contributed by atoms with van der Waals surface area (Å²) in [7, 11) is 1.65. The maximum Gasteiger partial charge on any atom is 0.226 e. The van der Waals surface area contributed by atoms with Crippen LogP contribution in [0.2, 0.25) is 0 Å². The summed E-state index contributed by atoms with van der Waals surface area (Å²) in [6.45, 7) is 2.14. The molecule has 6 heteroatoms. The molecule has 2 aromatic rings. The first-order chi connectivity index (χ1) is 11.8. The molecule has 3 rings (SSSR count). The van der Waals surface area contributed by atoms with Crippen LogP contribution in [-0.4, -0.2) is 31.1 Å². The highest BCUT2D eigenvalue weighted by Crippen LogP contribution is 2.32. The lowest BCUT2D eigenvalue weighted by Crippen LogP contribution is -2.28. The van der Waals surface area contributed by atoms with Gasteiger partial charge in [0, 0.05) is 17.4 Å². The third kappa shape index (κ3) is 4.33. The molecule has 0 atom stereocenters. The minimum Gasteiger partial charge on any atom is -0.496 e. The molecule has 0 aliphatic carbocycles. The van der Waals surface area contributed by atoms with Crippen LogP contribution in [0.5, 0.6) is 5.75 Å². The van der Waals surface area contributed by atoms with E-state index in [2.05, 4.69) is 15.6 Å². The number of aromatic nitrogens is 1. The van der Waals surface area contributed by atoms with E-state index in [-0.39, 0.29) is 5.91 Å². The molecule has 1 aliphatic rings. The SMILES string of the molecule is COc1ccccc1-c1csc(NC(=O)CCC2CCNCC2)n1. The van der Waals surface area contributed by atoms with Gasteiger partial charge in [0.05, 0.1) is 12.8 Å². The maximum atomic E-state index is 12.1. The number of hydrogen-bond donors (Lipinski definition) is 2. The lowest BCUT2D eigenvalue weighted by molar-refractivity contribution is -0.116. The van der Waals surface area contributed by atoms with Gasteiger partial charge in [-0.15, -0.1) is 11.3 Å². The number of hydrogen-bond acceptors (Lipinski definition) is 5. The number of carbonyl (C=O) groups excluding carboxylic acids is 1. The molecule has 1 saturated heterocycles. The van der Waals surface area contributed by atoms with Gasteiger partial charge in [0.2, 0.25) is 5.91 Å². The molecule has 0 saturated carbocycles. The van der Waals surface area contributed by atoms with Crippen LogP contribution >= 0.6 is 11.3 Å². The van der Waals surface area contributed by atoms with Crippen molar-refractivity contribution in [3.63, 3.8) is 0 Å². The number of piperidine rings is 1. The molecule has 1 aliphatic heterocycles. The third-order valence-corrected chi connectivity index (χ3v) is 5.13. The first-order valence-electron chi connectivity index (χ1n) is 8.35. The number of carbonyl (C=O) groups is 1. The van der Waals surface area contributed by atoms with Crippen molar-refractivity contribution in [2.45, 2.75) is 25.7 Å². The van der Waals surface area contributed by atoms with Crippen molar-refractivity contribution in [1.82, 2.24) is 10.3 Å². The van der Waals surface area contributed by atoms with E-state index in [1.54, 1.807) is 7.11 Å². The molecule has 0 unspecified atom stereocenters. The second-order valence-corrected chi connectivity index (χ2v) is 6.88. The fourth-order valence-corrected chi connectivity index (χ4v) is 3.73. The number of para-hydroxylation sites is 1. The van der Waals surface area contributed by atoms with Gasteiger partial charge >= 0.3 is 0 Å². The number of benzene rings is 1. The topological polar surface area (TPSA) is 63.2 Å². The van der Waals surface area contributed by atoms with Crippen LogP contribution in [0.4, 0.5) is 5.13 Å². The third-order valence-electron chi connectivity index (χ3n) is 4.37. The van der Waals surface area contributed by atoms with Gasteiger partial charge in [-0.25, -0.2) is 4.98 Å². The Bertz CT molecular complexity index is 680. The number of rotatable bonds is 6. The van der Waals surface area contributed by atoms with Crippen molar-refractivity contribution in [1.29, 1.82) is 0 Å². The van der Waals surface area contributed by atoms with Crippen molar-refractivity contribution in [2.75, 3.05) is 25.5 Å². The number of ether oxygens (including phenoxy) is 1. The molecule has 1 aromatic heterocycles. The Labute approximate surface area is 146 Å². The minimum atomic E-state index is 0.0504. The van der Waals surface area contributed by atoms with Crippen LogP contribution in [0.3, 0.4) is 0 Å². The Morgan fingerprint density at radius 3 is 2.96 bits per heavy atom. The molecule has 2 heterocycles. The van der Waals surface area contributed by atoms with Gasteiger partial charge in [0.1, 0.15) is 5.75 Å². The van der Waals surface area contributed by atoms with E-state index in [0.717, 1.165) is 36.5 Å². The molecule has 1 fully saturated rings. The molecular formula is C18H23N3O2S. The quantitative estimate of drug-likeness (QED) is 0.840. The predicted molar refractivity (Wildman–Crippen MR) is 97.6 cm³/mol. The lowest BCUT2D eigenvalue weighted by atomic mass is 9.93. The van der Waals surface area contributed by atoms with Crippen molar-refractivity contribution >= 4 is 22.4 Å². The number of thiazole rings is 1. The van der Waals surface area contributed by atoms with Gasteiger partial charge in [-0.05, 0) is 50.4 Å². The van der Waals surface area contributed by atoms with E-state index >= 15 is 0 Å². The summed E-state index contributed by atoms with van der Waals surface area (Å²) < 4.78 is 5.37. The molecule has 0 spiro atoms. The van der Waals surface area contributed by atoms with Crippen LogP contribution in [0.1, 0.15) is 25.7 Å². The second-order valence-electron chi connectivity index (χ2n) is 6.02. The molecule has 1 amide bonds. The average Bonchev–Trinajstić information content (AvgIpc) is 3.09. The zero-order chi connectivity index (χ0) is 16.8.